The Balaban J connectivity index is 2.10. The Morgan fingerprint density at radius 2 is 2.04 bits per heavy atom. The monoisotopic (exact) mass is 363 g/mol. The van der Waals surface area contributed by atoms with Crippen LogP contribution in [0.25, 0.3) is 11.4 Å². The van der Waals surface area contributed by atoms with Gasteiger partial charge in [-0.05, 0) is 31.2 Å². The van der Waals surface area contributed by atoms with Gasteiger partial charge in [0.05, 0.1) is 5.75 Å². The summed E-state index contributed by atoms with van der Waals surface area (Å²) in [5.74, 6) is -0.218. The average Bonchev–Trinajstić information content (AvgIpc) is 2.97. The van der Waals surface area contributed by atoms with Gasteiger partial charge in [-0.1, -0.05) is 17.8 Å². The topological polar surface area (TPSA) is 88.9 Å². The Labute approximate surface area is 148 Å². The van der Waals surface area contributed by atoms with E-state index in [9.17, 15) is 14.0 Å². The van der Waals surface area contributed by atoms with Gasteiger partial charge < -0.3 is 5.32 Å². The van der Waals surface area contributed by atoms with Gasteiger partial charge in [0.25, 0.3) is 0 Å². The lowest BCUT2D eigenvalue weighted by Crippen LogP contribution is -2.40. The molecule has 9 heteroatoms. The van der Waals surface area contributed by atoms with Crippen molar-refractivity contribution < 1.29 is 14.0 Å². The molecule has 3 amide bonds. The normalized spacial score (nSPS) is 10.3. The minimum atomic E-state index is -0.535. The molecule has 0 aliphatic rings. The molecule has 1 aromatic heterocycles. The lowest BCUT2D eigenvalue weighted by molar-refractivity contribution is -0.117. The number of hydrogen-bond donors (Lipinski definition) is 2. The summed E-state index contributed by atoms with van der Waals surface area (Å²) >= 11 is 1.15. The number of amides is 3. The Morgan fingerprint density at radius 3 is 2.68 bits per heavy atom. The highest BCUT2D eigenvalue weighted by molar-refractivity contribution is 7.99. The molecule has 0 aliphatic heterocycles. The van der Waals surface area contributed by atoms with Crippen LogP contribution in [-0.4, -0.2) is 39.0 Å². The summed E-state index contributed by atoms with van der Waals surface area (Å²) in [6.07, 6.45) is 1.68. The van der Waals surface area contributed by atoms with Crippen LogP contribution in [0.5, 0.6) is 0 Å². The zero-order valence-corrected chi connectivity index (χ0v) is 14.5. The summed E-state index contributed by atoms with van der Waals surface area (Å²) in [4.78, 5) is 23.1. The standard InChI is InChI=1S/C16H18FN5O2S/c1-3-9-22-14(11-5-7-12(17)8-6-11)20-21-16(22)25-10-13(23)19-15(24)18-4-2/h3,5-8H,1,4,9-10H2,2H3,(H2,18,19,23,24). The van der Waals surface area contributed by atoms with Gasteiger partial charge >= 0.3 is 6.03 Å². The number of thioether (sulfide) groups is 1. The molecule has 1 heterocycles. The van der Waals surface area contributed by atoms with E-state index in [1.165, 1.54) is 12.1 Å². The summed E-state index contributed by atoms with van der Waals surface area (Å²) in [6, 6.07) is 5.36. The van der Waals surface area contributed by atoms with Crippen molar-refractivity contribution in [1.82, 2.24) is 25.4 Å². The number of urea groups is 1. The van der Waals surface area contributed by atoms with Crippen molar-refractivity contribution in [1.29, 1.82) is 0 Å². The number of allylic oxidation sites excluding steroid dienone is 1. The number of rotatable bonds is 7. The Kier molecular flexibility index (Phi) is 6.70. The first-order chi connectivity index (χ1) is 12.0. The van der Waals surface area contributed by atoms with Crippen molar-refractivity contribution in [3.63, 3.8) is 0 Å². The zero-order chi connectivity index (χ0) is 18.2. The van der Waals surface area contributed by atoms with E-state index in [2.05, 4.69) is 27.4 Å². The maximum absolute atomic E-state index is 13.1. The first-order valence-electron chi connectivity index (χ1n) is 7.55. The van der Waals surface area contributed by atoms with Crippen molar-refractivity contribution in [3.8, 4) is 11.4 Å². The number of nitrogens with zero attached hydrogens (tertiary/aromatic N) is 3. The minimum Gasteiger partial charge on any atom is -0.338 e. The van der Waals surface area contributed by atoms with Crippen LogP contribution >= 0.6 is 11.8 Å². The number of hydrogen-bond acceptors (Lipinski definition) is 5. The third-order valence-electron chi connectivity index (χ3n) is 3.05. The molecule has 25 heavy (non-hydrogen) atoms. The number of benzene rings is 1. The van der Waals surface area contributed by atoms with Crippen LogP contribution < -0.4 is 10.6 Å². The fraction of sp³-hybridized carbons (Fsp3) is 0.250. The van der Waals surface area contributed by atoms with E-state index < -0.39 is 11.9 Å². The maximum Gasteiger partial charge on any atom is 0.321 e. The van der Waals surface area contributed by atoms with E-state index in [4.69, 9.17) is 0 Å². The number of imide groups is 1. The van der Waals surface area contributed by atoms with E-state index in [0.29, 0.717) is 29.6 Å². The van der Waals surface area contributed by atoms with Crippen LogP contribution in [0.3, 0.4) is 0 Å². The molecular weight excluding hydrogens is 345 g/mol. The summed E-state index contributed by atoms with van der Waals surface area (Å²) in [5, 5.41) is 13.4. The first-order valence-corrected chi connectivity index (χ1v) is 8.54. The highest BCUT2D eigenvalue weighted by atomic mass is 32.2. The van der Waals surface area contributed by atoms with Crippen molar-refractivity contribution in [3.05, 3.63) is 42.7 Å². The van der Waals surface area contributed by atoms with Crippen LogP contribution in [0, 0.1) is 5.82 Å². The van der Waals surface area contributed by atoms with Crippen molar-refractivity contribution in [2.24, 2.45) is 0 Å². The molecule has 0 aliphatic carbocycles. The highest BCUT2D eigenvalue weighted by Crippen LogP contribution is 2.24. The third kappa shape index (κ3) is 5.15. The van der Waals surface area contributed by atoms with E-state index in [0.717, 1.165) is 11.8 Å². The molecule has 0 bridgehead atoms. The van der Waals surface area contributed by atoms with Crippen LogP contribution in [0.4, 0.5) is 9.18 Å². The molecule has 0 radical (unpaired) electrons. The molecule has 7 nitrogen and oxygen atoms in total. The second-order valence-electron chi connectivity index (χ2n) is 4.91. The van der Waals surface area contributed by atoms with Gasteiger partial charge in [-0.2, -0.15) is 0 Å². The predicted molar refractivity (Wildman–Crippen MR) is 93.6 cm³/mol. The van der Waals surface area contributed by atoms with Crippen LogP contribution in [-0.2, 0) is 11.3 Å². The van der Waals surface area contributed by atoms with Gasteiger partial charge in [0, 0.05) is 18.7 Å². The number of carbonyl (C=O) groups excluding carboxylic acids is 2. The SMILES string of the molecule is C=CCn1c(SCC(=O)NC(=O)NCC)nnc1-c1ccc(F)cc1. The smallest absolute Gasteiger partial charge is 0.321 e. The van der Waals surface area contributed by atoms with Gasteiger partial charge in [0.2, 0.25) is 5.91 Å². The van der Waals surface area contributed by atoms with Crippen molar-refractivity contribution in [2.45, 2.75) is 18.6 Å². The molecule has 0 saturated carbocycles. The Hall–Kier alpha value is -2.68. The second-order valence-corrected chi connectivity index (χ2v) is 5.85. The molecule has 0 fully saturated rings. The zero-order valence-electron chi connectivity index (χ0n) is 13.7. The lowest BCUT2D eigenvalue weighted by atomic mass is 10.2. The maximum atomic E-state index is 13.1. The van der Waals surface area contributed by atoms with Crippen molar-refractivity contribution in [2.75, 3.05) is 12.3 Å². The van der Waals surface area contributed by atoms with Crippen molar-refractivity contribution >= 4 is 23.7 Å². The summed E-state index contributed by atoms with van der Waals surface area (Å²) in [7, 11) is 0. The molecule has 0 atom stereocenters. The molecule has 132 valence electrons. The largest absolute Gasteiger partial charge is 0.338 e. The Morgan fingerprint density at radius 1 is 1.32 bits per heavy atom. The quantitative estimate of drug-likeness (QED) is 0.582. The van der Waals surface area contributed by atoms with E-state index >= 15 is 0 Å². The first kappa shape index (κ1) is 18.7. The third-order valence-corrected chi connectivity index (χ3v) is 4.02. The van der Waals surface area contributed by atoms with Crippen LogP contribution in [0.2, 0.25) is 0 Å². The second kappa shape index (κ2) is 8.97. The molecule has 1 aromatic carbocycles. The lowest BCUT2D eigenvalue weighted by Gasteiger charge is -2.08. The average molecular weight is 363 g/mol. The molecule has 0 unspecified atom stereocenters. The minimum absolute atomic E-state index is 0.00975. The summed E-state index contributed by atoms with van der Waals surface area (Å²) in [6.45, 7) is 6.32. The van der Waals surface area contributed by atoms with E-state index in [-0.39, 0.29) is 11.6 Å². The Bertz CT molecular complexity index is 760. The predicted octanol–water partition coefficient (Wildman–Crippen LogP) is 2.21. The van der Waals surface area contributed by atoms with Gasteiger partial charge in [0.15, 0.2) is 11.0 Å². The van der Waals surface area contributed by atoms with Gasteiger partial charge in [-0.25, -0.2) is 9.18 Å². The number of aromatic nitrogens is 3. The fourth-order valence-corrected chi connectivity index (χ4v) is 2.75. The molecule has 2 N–H and O–H groups in total. The van der Waals surface area contributed by atoms with E-state index in [1.807, 2.05) is 0 Å². The van der Waals surface area contributed by atoms with Crippen LogP contribution in [0.15, 0.2) is 42.1 Å². The molecule has 0 saturated heterocycles. The molecular formula is C16H18FN5O2S. The van der Waals surface area contributed by atoms with Gasteiger partial charge in [-0.15, -0.1) is 16.8 Å². The summed E-state index contributed by atoms with van der Waals surface area (Å²) < 4.78 is 14.9. The molecule has 0 spiro atoms. The fourth-order valence-electron chi connectivity index (χ4n) is 2.00. The number of carbonyl (C=O) groups is 2. The molecule has 2 aromatic rings. The van der Waals surface area contributed by atoms with Crippen LogP contribution in [0.1, 0.15) is 6.92 Å². The summed E-state index contributed by atoms with van der Waals surface area (Å²) in [5.41, 5.74) is 0.703. The van der Waals surface area contributed by atoms with Gasteiger partial charge in [-0.3, -0.25) is 14.7 Å². The number of nitrogens with one attached hydrogen (secondary N) is 2. The molecule has 2 rings (SSSR count). The number of halogens is 1. The van der Waals surface area contributed by atoms with Gasteiger partial charge in [0.1, 0.15) is 5.82 Å². The van der Waals surface area contributed by atoms with E-state index in [1.54, 1.807) is 29.7 Å². The highest BCUT2D eigenvalue weighted by Gasteiger charge is 2.15.